The van der Waals surface area contributed by atoms with Gasteiger partial charge in [-0.25, -0.2) is 0 Å². The van der Waals surface area contributed by atoms with Gasteiger partial charge in [-0.05, 0) is 151 Å². The first-order valence-corrected chi connectivity index (χ1v) is 32.9. The fourth-order valence-electron chi connectivity index (χ4n) is 13.9. The van der Waals surface area contributed by atoms with Gasteiger partial charge in [-0.3, -0.25) is 0 Å². The third kappa shape index (κ3) is 11.4. The number of nitrogens with zero attached hydrogens (tertiary/aromatic N) is 1. The molecule has 91 heavy (non-hydrogen) atoms. The van der Waals surface area contributed by atoms with Gasteiger partial charge in [0.15, 0.2) is 0 Å². The summed E-state index contributed by atoms with van der Waals surface area (Å²) >= 11 is 0. The molecule has 2 aliphatic heterocycles. The zero-order valence-electron chi connectivity index (χ0n) is 56.5. The van der Waals surface area contributed by atoms with Crippen molar-refractivity contribution in [3.05, 3.63) is 287 Å². The number of fused-ring (bicyclic) bond motifs is 4. The van der Waals surface area contributed by atoms with E-state index in [4.69, 9.17) is 4.74 Å². The number of ether oxygens (including phenoxy) is 1. The number of benzene rings is 11. The van der Waals surface area contributed by atoms with Gasteiger partial charge >= 0.3 is 0 Å². The van der Waals surface area contributed by atoms with Crippen molar-refractivity contribution >= 4 is 40.2 Å². The Morgan fingerprint density at radius 1 is 0.264 bits per heavy atom. The van der Waals surface area contributed by atoms with Crippen molar-refractivity contribution in [2.24, 2.45) is 0 Å². The van der Waals surface area contributed by atoms with Crippen LogP contribution in [0, 0.1) is 0 Å². The summed E-state index contributed by atoms with van der Waals surface area (Å²) in [4.78, 5) is 2.63. The molecule has 0 saturated carbocycles. The first kappa shape index (κ1) is 61.0. The van der Waals surface area contributed by atoms with E-state index < -0.39 is 0 Å². The van der Waals surface area contributed by atoms with Gasteiger partial charge < -0.3 is 9.64 Å². The highest BCUT2D eigenvalue weighted by Crippen LogP contribution is 2.52. The van der Waals surface area contributed by atoms with Crippen molar-refractivity contribution in [3.63, 3.8) is 0 Å². The van der Waals surface area contributed by atoms with Gasteiger partial charge in [0.1, 0.15) is 11.5 Å². The number of hydrogen-bond donors (Lipinski definition) is 0. The lowest BCUT2D eigenvalue weighted by molar-refractivity contribution is 0.488. The van der Waals surface area contributed by atoms with Crippen LogP contribution in [0.3, 0.4) is 0 Å². The molecule has 0 atom stereocenters. The van der Waals surface area contributed by atoms with Crippen LogP contribution in [0.1, 0.15) is 155 Å². The normalized spacial score (nSPS) is 13.3. The lowest BCUT2D eigenvalue weighted by Gasteiger charge is -2.42. The molecule has 2 heterocycles. The molecule has 11 aromatic carbocycles. The van der Waals surface area contributed by atoms with Crippen LogP contribution in [0.15, 0.2) is 243 Å². The van der Waals surface area contributed by atoms with Gasteiger partial charge in [0.25, 0.3) is 6.71 Å². The van der Waals surface area contributed by atoms with E-state index >= 15 is 0 Å². The summed E-state index contributed by atoms with van der Waals surface area (Å²) in [7, 11) is 0. The summed E-state index contributed by atoms with van der Waals surface area (Å²) in [6, 6.07) is 92.3. The van der Waals surface area contributed by atoms with Gasteiger partial charge in [-0.1, -0.05) is 329 Å². The maximum Gasteiger partial charge on any atom is 0.256 e. The maximum atomic E-state index is 7.53. The molecule has 0 spiro atoms. The predicted molar refractivity (Wildman–Crippen MR) is 391 cm³/mol. The molecule has 0 unspecified atom stereocenters. The molecule has 2 aliphatic rings. The second kappa shape index (κ2) is 22.5. The van der Waals surface area contributed by atoms with E-state index in [2.05, 4.69) is 358 Å². The van der Waals surface area contributed by atoms with Crippen molar-refractivity contribution < 1.29 is 4.74 Å². The quantitative estimate of drug-likeness (QED) is 0.127. The van der Waals surface area contributed by atoms with Crippen molar-refractivity contribution in [2.45, 2.75) is 143 Å². The van der Waals surface area contributed by atoms with E-state index in [-0.39, 0.29) is 39.2 Å². The number of rotatable bonds is 10. The van der Waals surface area contributed by atoms with Crippen molar-refractivity contribution in [2.75, 3.05) is 4.90 Å². The summed E-state index contributed by atoms with van der Waals surface area (Å²) in [6.45, 7) is 37.2. The first-order chi connectivity index (χ1) is 43.1. The molecule has 0 aliphatic carbocycles. The van der Waals surface area contributed by atoms with Crippen molar-refractivity contribution in [3.8, 4) is 67.1 Å². The Morgan fingerprint density at radius 3 is 1.20 bits per heavy atom. The highest BCUT2D eigenvalue weighted by molar-refractivity contribution is 6.99. The third-order valence-electron chi connectivity index (χ3n) is 19.9. The Kier molecular flexibility index (Phi) is 15.1. The van der Waals surface area contributed by atoms with E-state index in [1.807, 2.05) is 0 Å². The molecule has 0 radical (unpaired) electrons. The zero-order valence-corrected chi connectivity index (χ0v) is 56.5. The van der Waals surface area contributed by atoms with Crippen LogP contribution < -0.4 is 26.0 Å². The van der Waals surface area contributed by atoms with Crippen LogP contribution >= 0.6 is 0 Å². The first-order valence-electron chi connectivity index (χ1n) is 32.9. The topological polar surface area (TPSA) is 12.5 Å². The van der Waals surface area contributed by atoms with Crippen LogP contribution in [0.4, 0.5) is 17.1 Å². The molecule has 13 rings (SSSR count). The lowest BCUT2D eigenvalue weighted by atomic mass is 9.34. The van der Waals surface area contributed by atoms with Crippen LogP contribution in [-0.4, -0.2) is 6.71 Å². The smallest absolute Gasteiger partial charge is 0.256 e. The minimum absolute atomic E-state index is 0.0493. The number of hydrogen-bond acceptors (Lipinski definition) is 2. The summed E-state index contributed by atoms with van der Waals surface area (Å²) in [6.07, 6.45) is 0. The summed E-state index contributed by atoms with van der Waals surface area (Å²) < 4.78 is 7.53. The Bertz CT molecular complexity index is 4500. The maximum absolute atomic E-state index is 7.53. The van der Waals surface area contributed by atoms with Gasteiger partial charge in [0, 0.05) is 33.3 Å². The van der Waals surface area contributed by atoms with E-state index in [9.17, 15) is 0 Å². The molecule has 0 fully saturated rings. The van der Waals surface area contributed by atoms with Crippen LogP contribution in [0.5, 0.6) is 11.5 Å². The molecular formula is C88H88BNO. The molecule has 3 heteroatoms. The van der Waals surface area contributed by atoms with E-state index in [1.54, 1.807) is 0 Å². The fraction of sp³-hybridized carbons (Fsp3) is 0.250. The van der Waals surface area contributed by atoms with Crippen molar-refractivity contribution in [1.29, 1.82) is 0 Å². The summed E-state index contributed by atoms with van der Waals surface area (Å²) in [5, 5.41) is 0. The van der Waals surface area contributed by atoms with E-state index in [0.29, 0.717) is 0 Å². The van der Waals surface area contributed by atoms with Crippen LogP contribution in [0.2, 0.25) is 0 Å². The molecular weight excluding hydrogens is 1100 g/mol. The Morgan fingerprint density at radius 2 is 0.670 bits per heavy atom. The zero-order chi connectivity index (χ0) is 64.2. The third-order valence-corrected chi connectivity index (χ3v) is 19.9. The molecule has 0 saturated heterocycles. The predicted octanol–water partition coefficient (Wildman–Crippen LogP) is 22.3. The van der Waals surface area contributed by atoms with Gasteiger partial charge in [-0.2, -0.15) is 0 Å². The monoisotopic (exact) mass is 1190 g/mol. The Balaban J connectivity index is 1.13. The van der Waals surface area contributed by atoms with Crippen LogP contribution in [0.25, 0.3) is 55.6 Å². The fourth-order valence-corrected chi connectivity index (χ4v) is 13.9. The average Bonchev–Trinajstić information content (AvgIpc) is 0.701. The SMILES string of the molecule is CC(C)(C)c1cc(-c2ccc3c(c2)B2c4cc(-c5cc(C(C)(C)C)cc(C(C)(C)C)c5)ccc4N(c4c(-c5ccc(C(C)(C)c6ccccc6)cc5)cccc4-c4cccc(C(C)(C)c5ccccc5)c4)c4cc(-c5ccccc5)cc(c42)O3)cc(C(C)(C)C)c1. The standard InChI is InChI=1S/C88H88BNO/c1-83(2,3)69-47-62(48-70(55-69)84(4,5)6)59-40-44-77-75(51-59)89-76-52-60(63-49-71(85(7,8)9)56-72(50-63)86(10,11)12)41-45-79(76)91-80-54-64(57-28-20-17-21-29-57)53-78(81(80)89)90(77)82-73(58-38-42-67(43-39-58)87(13,14)65-31-22-18-23-32-65)36-27-37-74(82)61-30-26-35-68(46-61)88(15,16)66-33-24-19-25-34-66/h17-56H,1-16H3. The molecule has 2 nitrogen and oxygen atoms in total. The summed E-state index contributed by atoms with van der Waals surface area (Å²) in [5.74, 6) is 1.75. The van der Waals surface area contributed by atoms with Gasteiger partial charge in [-0.15, -0.1) is 0 Å². The molecule has 0 bridgehead atoms. The van der Waals surface area contributed by atoms with E-state index in [1.165, 1.54) is 72.2 Å². The highest BCUT2D eigenvalue weighted by Gasteiger charge is 2.44. The molecule has 0 N–H and O–H groups in total. The average molecular weight is 1190 g/mol. The molecule has 11 aromatic rings. The largest absolute Gasteiger partial charge is 0.458 e. The minimum atomic E-state index is -0.274. The second-order valence-electron chi connectivity index (χ2n) is 31.1. The minimum Gasteiger partial charge on any atom is -0.458 e. The molecule has 0 amide bonds. The van der Waals surface area contributed by atoms with Crippen LogP contribution in [-0.2, 0) is 32.5 Å². The summed E-state index contributed by atoms with van der Waals surface area (Å²) in [5.41, 5.74) is 28.2. The Hall–Kier alpha value is -8.92. The highest BCUT2D eigenvalue weighted by atomic mass is 16.5. The van der Waals surface area contributed by atoms with E-state index in [0.717, 1.165) is 72.9 Å². The number of anilines is 3. The van der Waals surface area contributed by atoms with Gasteiger partial charge in [0.05, 0.1) is 5.69 Å². The number of para-hydroxylation sites is 1. The molecule has 454 valence electrons. The van der Waals surface area contributed by atoms with Gasteiger partial charge in [0.2, 0.25) is 0 Å². The Labute approximate surface area is 544 Å². The second-order valence-corrected chi connectivity index (χ2v) is 31.1. The van der Waals surface area contributed by atoms with Crippen molar-refractivity contribution in [1.82, 2.24) is 0 Å². The molecule has 0 aromatic heterocycles. The lowest BCUT2D eigenvalue weighted by Crippen LogP contribution is -2.59.